The van der Waals surface area contributed by atoms with Crippen LogP contribution in [0.5, 0.6) is 0 Å². The highest BCUT2D eigenvalue weighted by Gasteiger charge is 2.41. The van der Waals surface area contributed by atoms with Gasteiger partial charge in [0.25, 0.3) is 0 Å². The fraction of sp³-hybridized carbons (Fsp3) is 0.615. The summed E-state index contributed by atoms with van der Waals surface area (Å²) in [4.78, 5) is 2.03. The van der Waals surface area contributed by atoms with Crippen LogP contribution in [0.4, 0.5) is 0 Å². The van der Waals surface area contributed by atoms with E-state index >= 15 is 0 Å². The van der Waals surface area contributed by atoms with Gasteiger partial charge in [-0.1, -0.05) is 0 Å². The Bertz CT molecular complexity index is 404. The molecule has 0 unspecified atom stereocenters. The Morgan fingerprint density at radius 3 is 2.94 bits per heavy atom. The molecule has 0 bridgehead atoms. The predicted octanol–water partition coefficient (Wildman–Crippen LogP) is 2.53. The van der Waals surface area contributed by atoms with Crippen LogP contribution in [0.1, 0.15) is 29.0 Å². The first-order chi connectivity index (χ1) is 8.28. The average molecular weight is 250 g/mol. The van der Waals surface area contributed by atoms with Crippen LogP contribution in [0.25, 0.3) is 0 Å². The molecule has 0 aliphatic heterocycles. The molecule has 0 radical (unpaired) electrons. The lowest BCUT2D eigenvalue weighted by molar-refractivity contribution is 0.171. The third kappa shape index (κ3) is 3.53. The monoisotopic (exact) mass is 250 g/mol. The fourth-order valence-electron chi connectivity index (χ4n) is 1.99. The lowest BCUT2D eigenvalue weighted by atomic mass is 10.0. The van der Waals surface area contributed by atoms with Crippen LogP contribution in [-0.4, -0.2) is 20.3 Å². The zero-order valence-corrected chi connectivity index (χ0v) is 11.0. The van der Waals surface area contributed by atoms with E-state index in [2.05, 4.69) is 11.4 Å². The molecule has 0 aromatic carbocycles. The van der Waals surface area contributed by atoms with Crippen molar-refractivity contribution in [2.45, 2.75) is 25.8 Å². The van der Waals surface area contributed by atoms with Crippen molar-refractivity contribution in [1.29, 1.82) is 5.26 Å². The second kappa shape index (κ2) is 5.63. The zero-order valence-electron chi connectivity index (χ0n) is 10.2. The second-order valence-corrected chi connectivity index (χ2v) is 5.89. The highest BCUT2D eigenvalue weighted by atomic mass is 32.1. The standard InChI is InChI=1S/C13H18N2OS/c1-16-7-6-13(4-5-13)10-15-9-12-3-2-11(8-14)17-12/h2-3,15H,4-7,9-10H2,1H3. The maximum absolute atomic E-state index is 8.74. The average Bonchev–Trinajstić information content (AvgIpc) is 2.96. The molecule has 1 aromatic heterocycles. The zero-order chi connectivity index (χ0) is 12.1. The summed E-state index contributed by atoms with van der Waals surface area (Å²) in [5.41, 5.74) is 0.491. The molecule has 92 valence electrons. The molecule has 2 rings (SSSR count). The molecule has 0 saturated heterocycles. The van der Waals surface area contributed by atoms with E-state index in [1.165, 1.54) is 17.7 Å². The van der Waals surface area contributed by atoms with Gasteiger partial charge >= 0.3 is 0 Å². The number of rotatable bonds is 7. The largest absolute Gasteiger partial charge is 0.385 e. The van der Waals surface area contributed by atoms with Crippen molar-refractivity contribution >= 4 is 11.3 Å². The summed E-state index contributed by atoms with van der Waals surface area (Å²) in [7, 11) is 1.76. The smallest absolute Gasteiger partial charge is 0.110 e. The van der Waals surface area contributed by atoms with Crippen molar-refractivity contribution in [3.05, 3.63) is 21.9 Å². The second-order valence-electron chi connectivity index (χ2n) is 4.72. The number of ether oxygens (including phenoxy) is 1. The molecule has 4 heteroatoms. The summed E-state index contributed by atoms with van der Waals surface area (Å²) >= 11 is 1.57. The summed E-state index contributed by atoms with van der Waals surface area (Å²) in [6.07, 6.45) is 3.79. The number of nitriles is 1. The Morgan fingerprint density at radius 2 is 2.35 bits per heavy atom. The quantitative estimate of drug-likeness (QED) is 0.808. The van der Waals surface area contributed by atoms with Crippen LogP contribution < -0.4 is 5.32 Å². The normalized spacial score (nSPS) is 16.7. The van der Waals surface area contributed by atoms with Crippen molar-refractivity contribution in [2.75, 3.05) is 20.3 Å². The van der Waals surface area contributed by atoms with E-state index in [0.29, 0.717) is 5.41 Å². The molecule has 3 nitrogen and oxygen atoms in total. The van der Waals surface area contributed by atoms with Crippen molar-refractivity contribution < 1.29 is 4.74 Å². The van der Waals surface area contributed by atoms with Crippen molar-refractivity contribution in [3.8, 4) is 6.07 Å². The van der Waals surface area contributed by atoms with Gasteiger partial charge in [-0.05, 0) is 36.8 Å². The van der Waals surface area contributed by atoms with Crippen molar-refractivity contribution in [3.63, 3.8) is 0 Å². The van der Waals surface area contributed by atoms with Gasteiger partial charge in [0, 0.05) is 31.7 Å². The highest BCUT2D eigenvalue weighted by molar-refractivity contribution is 7.12. The Labute approximate surface area is 106 Å². The van der Waals surface area contributed by atoms with Gasteiger partial charge in [-0.25, -0.2) is 0 Å². The lowest BCUT2D eigenvalue weighted by Gasteiger charge is -2.14. The number of nitrogens with one attached hydrogen (secondary N) is 1. The molecule has 0 atom stereocenters. The van der Waals surface area contributed by atoms with E-state index in [1.54, 1.807) is 18.4 Å². The molecule has 1 aromatic rings. The molecular weight excluding hydrogens is 232 g/mol. The Morgan fingerprint density at radius 1 is 1.53 bits per heavy atom. The summed E-state index contributed by atoms with van der Waals surface area (Å²) in [6.45, 7) is 2.80. The topological polar surface area (TPSA) is 45.0 Å². The van der Waals surface area contributed by atoms with Crippen molar-refractivity contribution in [1.82, 2.24) is 5.32 Å². The van der Waals surface area contributed by atoms with E-state index < -0.39 is 0 Å². The van der Waals surface area contributed by atoms with Crippen molar-refractivity contribution in [2.24, 2.45) is 5.41 Å². The van der Waals surface area contributed by atoms with E-state index in [4.69, 9.17) is 10.00 Å². The van der Waals surface area contributed by atoms with E-state index in [0.717, 1.165) is 31.0 Å². The van der Waals surface area contributed by atoms with E-state index in [-0.39, 0.29) is 0 Å². The molecule has 1 saturated carbocycles. The molecular formula is C13H18N2OS. The van der Waals surface area contributed by atoms with Crippen LogP contribution in [-0.2, 0) is 11.3 Å². The SMILES string of the molecule is COCCC1(CNCc2ccc(C#N)s2)CC1. The van der Waals surface area contributed by atoms with Crippen LogP contribution in [0.2, 0.25) is 0 Å². The third-order valence-corrected chi connectivity index (χ3v) is 4.35. The van der Waals surface area contributed by atoms with Gasteiger partial charge in [0.05, 0.1) is 0 Å². The number of hydrogen-bond donors (Lipinski definition) is 1. The first kappa shape index (κ1) is 12.6. The predicted molar refractivity (Wildman–Crippen MR) is 68.9 cm³/mol. The molecule has 17 heavy (non-hydrogen) atoms. The van der Waals surface area contributed by atoms with Gasteiger partial charge in [0.15, 0.2) is 0 Å². The molecule has 1 fully saturated rings. The Balaban J connectivity index is 1.71. The van der Waals surface area contributed by atoms with E-state index in [9.17, 15) is 0 Å². The van der Waals surface area contributed by atoms with Crippen LogP contribution in [0.15, 0.2) is 12.1 Å². The summed E-state index contributed by atoms with van der Waals surface area (Å²) < 4.78 is 5.14. The minimum absolute atomic E-state index is 0.491. The van der Waals surface area contributed by atoms with Crippen LogP contribution >= 0.6 is 11.3 Å². The maximum Gasteiger partial charge on any atom is 0.110 e. The Hall–Kier alpha value is -0.890. The first-order valence-electron chi connectivity index (χ1n) is 5.96. The summed E-state index contributed by atoms with van der Waals surface area (Å²) in [5, 5.41) is 12.2. The highest BCUT2D eigenvalue weighted by Crippen LogP contribution is 2.48. The Kier molecular flexibility index (Phi) is 4.16. The van der Waals surface area contributed by atoms with E-state index in [1.807, 2.05) is 12.1 Å². The third-order valence-electron chi connectivity index (χ3n) is 3.36. The van der Waals surface area contributed by atoms with Gasteiger partial charge in [0.2, 0.25) is 0 Å². The van der Waals surface area contributed by atoms with Gasteiger partial charge in [-0.3, -0.25) is 0 Å². The number of thiophene rings is 1. The van der Waals surface area contributed by atoms with Gasteiger partial charge in [0.1, 0.15) is 10.9 Å². The number of hydrogen-bond acceptors (Lipinski definition) is 4. The molecule has 1 N–H and O–H groups in total. The minimum atomic E-state index is 0.491. The number of nitrogens with zero attached hydrogens (tertiary/aromatic N) is 1. The van der Waals surface area contributed by atoms with Crippen LogP contribution in [0.3, 0.4) is 0 Å². The van der Waals surface area contributed by atoms with Crippen LogP contribution in [0, 0.1) is 16.7 Å². The van der Waals surface area contributed by atoms with Gasteiger partial charge in [-0.2, -0.15) is 5.26 Å². The first-order valence-corrected chi connectivity index (χ1v) is 6.78. The molecule has 1 aliphatic carbocycles. The molecule has 0 spiro atoms. The lowest BCUT2D eigenvalue weighted by Crippen LogP contribution is -2.24. The number of methoxy groups -OCH3 is 1. The minimum Gasteiger partial charge on any atom is -0.385 e. The maximum atomic E-state index is 8.74. The molecule has 1 aliphatic rings. The summed E-state index contributed by atoms with van der Waals surface area (Å²) in [6, 6.07) is 6.09. The van der Waals surface area contributed by atoms with Gasteiger partial charge in [-0.15, -0.1) is 11.3 Å². The molecule has 0 amide bonds. The summed E-state index contributed by atoms with van der Waals surface area (Å²) in [5.74, 6) is 0. The molecule has 1 heterocycles. The fourth-order valence-corrected chi connectivity index (χ4v) is 2.77. The van der Waals surface area contributed by atoms with Gasteiger partial charge < -0.3 is 10.1 Å².